The van der Waals surface area contributed by atoms with Crippen LogP contribution in [0, 0.1) is 5.82 Å². The third-order valence-electron chi connectivity index (χ3n) is 4.57. The van der Waals surface area contributed by atoms with Gasteiger partial charge in [-0.2, -0.15) is 0 Å². The predicted octanol–water partition coefficient (Wildman–Crippen LogP) is 1.73. The number of halogens is 1. The molecule has 0 N–H and O–H groups in total. The molecule has 2 aromatic rings. The Morgan fingerprint density at radius 3 is 2.76 bits per heavy atom. The third-order valence-corrected chi connectivity index (χ3v) is 4.57. The van der Waals surface area contributed by atoms with Gasteiger partial charge in [0.1, 0.15) is 11.5 Å². The summed E-state index contributed by atoms with van der Waals surface area (Å²) in [5, 5.41) is 0. The van der Waals surface area contributed by atoms with Crippen molar-refractivity contribution in [1.29, 1.82) is 0 Å². The second-order valence-corrected chi connectivity index (χ2v) is 6.08. The van der Waals surface area contributed by atoms with Crippen LogP contribution >= 0.6 is 0 Å². The molecule has 1 aromatic carbocycles. The minimum Gasteiger partial charge on any atom is -0.336 e. The summed E-state index contributed by atoms with van der Waals surface area (Å²) in [6.07, 6.45) is 1.97. The molecule has 25 heavy (non-hydrogen) atoms. The Balaban J connectivity index is 1.53. The van der Waals surface area contributed by atoms with E-state index in [0.29, 0.717) is 18.5 Å². The molecular weight excluding hydrogens is 325 g/mol. The maximum atomic E-state index is 13.3. The average molecular weight is 339 g/mol. The molecule has 4 rings (SSSR count). The third kappa shape index (κ3) is 2.48. The summed E-state index contributed by atoms with van der Waals surface area (Å²) in [5.41, 5.74) is 0.703. The van der Waals surface area contributed by atoms with Crippen molar-refractivity contribution in [3.8, 4) is 0 Å². The summed E-state index contributed by atoms with van der Waals surface area (Å²) in [4.78, 5) is 44.2. The second kappa shape index (κ2) is 5.77. The van der Waals surface area contributed by atoms with Gasteiger partial charge >= 0.3 is 0 Å². The van der Waals surface area contributed by atoms with Gasteiger partial charge in [0.05, 0.1) is 11.6 Å². The molecule has 3 amide bonds. The van der Waals surface area contributed by atoms with Gasteiger partial charge in [-0.15, -0.1) is 0 Å². The number of pyridine rings is 1. The van der Waals surface area contributed by atoms with Crippen molar-refractivity contribution in [3.63, 3.8) is 0 Å². The SMILES string of the molecule is O=C(c1cccc(F)c1)N1CCC(N2C(=O)c3cccnc3C2=O)C1. The number of benzene rings is 1. The van der Waals surface area contributed by atoms with Crippen LogP contribution in [-0.2, 0) is 0 Å². The van der Waals surface area contributed by atoms with E-state index in [0.717, 1.165) is 0 Å². The lowest BCUT2D eigenvalue weighted by atomic mass is 10.2. The molecule has 0 bridgehead atoms. The zero-order valence-corrected chi connectivity index (χ0v) is 13.2. The van der Waals surface area contributed by atoms with Crippen molar-refractivity contribution in [2.24, 2.45) is 0 Å². The van der Waals surface area contributed by atoms with E-state index in [-0.39, 0.29) is 29.6 Å². The van der Waals surface area contributed by atoms with Gasteiger partial charge in [-0.3, -0.25) is 24.3 Å². The summed E-state index contributed by atoms with van der Waals surface area (Å²) < 4.78 is 13.3. The maximum absolute atomic E-state index is 13.3. The van der Waals surface area contributed by atoms with Gasteiger partial charge < -0.3 is 4.90 Å². The van der Waals surface area contributed by atoms with Crippen LogP contribution < -0.4 is 0 Å². The zero-order chi connectivity index (χ0) is 17.6. The van der Waals surface area contributed by atoms with Crippen LogP contribution in [0.15, 0.2) is 42.6 Å². The molecule has 2 aliphatic heterocycles. The topological polar surface area (TPSA) is 70.6 Å². The fourth-order valence-corrected chi connectivity index (χ4v) is 3.36. The van der Waals surface area contributed by atoms with E-state index >= 15 is 0 Å². The molecule has 0 saturated carbocycles. The van der Waals surface area contributed by atoms with Crippen LogP contribution in [0.1, 0.15) is 37.6 Å². The Hall–Kier alpha value is -3.09. The minimum atomic E-state index is -0.479. The molecule has 6 nitrogen and oxygen atoms in total. The van der Waals surface area contributed by atoms with E-state index in [1.165, 1.54) is 34.2 Å². The lowest BCUT2D eigenvalue weighted by Crippen LogP contribution is -2.42. The first-order chi connectivity index (χ1) is 12.1. The molecule has 1 fully saturated rings. The molecule has 1 aromatic heterocycles. The van der Waals surface area contributed by atoms with E-state index in [1.807, 2.05) is 0 Å². The number of hydrogen-bond acceptors (Lipinski definition) is 4. The van der Waals surface area contributed by atoms with Crippen molar-refractivity contribution in [1.82, 2.24) is 14.8 Å². The lowest BCUT2D eigenvalue weighted by Gasteiger charge is -2.22. The van der Waals surface area contributed by atoms with Crippen LogP contribution in [-0.4, -0.2) is 51.6 Å². The molecule has 126 valence electrons. The molecule has 0 aliphatic carbocycles. The summed E-state index contributed by atoms with van der Waals surface area (Å²) in [5.74, 6) is -1.59. The fraction of sp³-hybridized carbons (Fsp3) is 0.222. The van der Waals surface area contributed by atoms with E-state index in [9.17, 15) is 18.8 Å². The van der Waals surface area contributed by atoms with Crippen molar-refractivity contribution < 1.29 is 18.8 Å². The Bertz CT molecular complexity index is 864. The molecule has 7 heteroatoms. The quantitative estimate of drug-likeness (QED) is 0.782. The second-order valence-electron chi connectivity index (χ2n) is 6.08. The van der Waals surface area contributed by atoms with Crippen LogP contribution in [0.25, 0.3) is 0 Å². The monoisotopic (exact) mass is 339 g/mol. The smallest absolute Gasteiger partial charge is 0.280 e. The fourth-order valence-electron chi connectivity index (χ4n) is 3.36. The summed E-state index contributed by atoms with van der Waals surface area (Å²) >= 11 is 0. The van der Waals surface area contributed by atoms with Gasteiger partial charge in [0, 0.05) is 24.8 Å². The molecule has 1 unspecified atom stereocenters. The van der Waals surface area contributed by atoms with Gasteiger partial charge in [-0.1, -0.05) is 6.07 Å². The molecular formula is C18H14FN3O3. The van der Waals surface area contributed by atoms with E-state index < -0.39 is 17.8 Å². The van der Waals surface area contributed by atoms with Crippen molar-refractivity contribution in [3.05, 3.63) is 65.2 Å². The van der Waals surface area contributed by atoms with Gasteiger partial charge in [0.25, 0.3) is 17.7 Å². The minimum absolute atomic E-state index is 0.155. The first-order valence-corrected chi connectivity index (χ1v) is 7.94. The number of aromatic nitrogens is 1. The molecule has 1 saturated heterocycles. The number of fused-ring (bicyclic) bond motifs is 1. The van der Waals surface area contributed by atoms with Crippen LogP contribution in [0.5, 0.6) is 0 Å². The number of carbonyl (C=O) groups excluding carboxylic acids is 3. The highest BCUT2D eigenvalue weighted by Gasteiger charge is 2.43. The zero-order valence-electron chi connectivity index (χ0n) is 13.2. The first kappa shape index (κ1) is 15.4. The molecule has 0 spiro atoms. The van der Waals surface area contributed by atoms with E-state index in [2.05, 4.69) is 4.98 Å². The van der Waals surface area contributed by atoms with Crippen LogP contribution in [0.2, 0.25) is 0 Å². The number of likely N-dealkylation sites (tertiary alicyclic amines) is 1. The van der Waals surface area contributed by atoms with Crippen molar-refractivity contribution >= 4 is 17.7 Å². The standard InChI is InChI=1S/C18H14FN3O3/c19-12-4-1-3-11(9-12)16(23)21-8-6-13(10-21)22-17(24)14-5-2-7-20-15(14)18(22)25/h1-5,7,9,13H,6,8,10H2. The molecule has 2 aliphatic rings. The van der Waals surface area contributed by atoms with Gasteiger partial charge in [0.2, 0.25) is 0 Å². The number of imide groups is 1. The number of amides is 3. The van der Waals surface area contributed by atoms with Gasteiger partial charge in [-0.25, -0.2) is 4.39 Å². The summed E-state index contributed by atoms with van der Waals surface area (Å²) in [6.45, 7) is 0.641. The van der Waals surface area contributed by atoms with Crippen molar-refractivity contribution in [2.45, 2.75) is 12.5 Å². The number of nitrogens with zero attached hydrogens (tertiary/aromatic N) is 3. The highest BCUT2D eigenvalue weighted by atomic mass is 19.1. The average Bonchev–Trinajstić information content (AvgIpc) is 3.19. The van der Waals surface area contributed by atoms with E-state index in [4.69, 9.17) is 0 Å². The number of carbonyl (C=O) groups is 3. The Labute approximate surface area is 142 Å². The summed E-state index contributed by atoms with van der Waals surface area (Å²) in [6, 6.07) is 8.27. The summed E-state index contributed by atoms with van der Waals surface area (Å²) in [7, 11) is 0. The Morgan fingerprint density at radius 1 is 1.16 bits per heavy atom. The van der Waals surface area contributed by atoms with Crippen molar-refractivity contribution in [2.75, 3.05) is 13.1 Å². The first-order valence-electron chi connectivity index (χ1n) is 7.94. The predicted molar refractivity (Wildman–Crippen MR) is 85.4 cm³/mol. The van der Waals surface area contributed by atoms with Crippen LogP contribution in [0.3, 0.4) is 0 Å². The highest BCUT2D eigenvalue weighted by Crippen LogP contribution is 2.27. The number of hydrogen-bond donors (Lipinski definition) is 0. The largest absolute Gasteiger partial charge is 0.336 e. The lowest BCUT2D eigenvalue weighted by molar-refractivity contribution is 0.0573. The van der Waals surface area contributed by atoms with Gasteiger partial charge in [-0.05, 0) is 36.8 Å². The van der Waals surface area contributed by atoms with E-state index in [1.54, 1.807) is 18.2 Å². The van der Waals surface area contributed by atoms with Gasteiger partial charge in [0.15, 0.2) is 0 Å². The maximum Gasteiger partial charge on any atom is 0.280 e. The Morgan fingerprint density at radius 2 is 2.00 bits per heavy atom. The molecule has 1 atom stereocenters. The normalized spacial score (nSPS) is 19.5. The van der Waals surface area contributed by atoms with Crippen LogP contribution in [0.4, 0.5) is 4.39 Å². The molecule has 3 heterocycles. The number of rotatable bonds is 2. The highest BCUT2D eigenvalue weighted by molar-refractivity contribution is 6.20. The molecule has 0 radical (unpaired) electrons. The Kier molecular flexibility index (Phi) is 3.56.